The summed E-state index contributed by atoms with van der Waals surface area (Å²) in [6.07, 6.45) is 12.7. The van der Waals surface area contributed by atoms with Crippen molar-refractivity contribution in [3.63, 3.8) is 0 Å². The first-order valence-corrected chi connectivity index (χ1v) is 20.1. The molecule has 0 fully saturated rings. The fourth-order valence-electron chi connectivity index (χ4n) is 8.58. The molecule has 0 unspecified atom stereocenters. The van der Waals surface area contributed by atoms with Crippen molar-refractivity contribution in [1.29, 1.82) is 0 Å². The van der Waals surface area contributed by atoms with Crippen LogP contribution in [-0.2, 0) is 5.41 Å². The Labute approximate surface area is 319 Å². The quantitative estimate of drug-likeness (QED) is 0.0930. The Morgan fingerprint density at radius 1 is 0.434 bits per heavy atom. The van der Waals surface area contributed by atoms with E-state index in [0.29, 0.717) is 0 Å². The Morgan fingerprint density at radius 3 is 1.53 bits per heavy atom. The fraction of sp³-hybridized carbons (Fsp3) is 0.294. The monoisotopic (exact) mass is 696 g/mol. The highest BCUT2D eigenvalue weighted by Gasteiger charge is 2.42. The predicted octanol–water partition coefficient (Wildman–Crippen LogP) is 15.1. The van der Waals surface area contributed by atoms with E-state index in [0.717, 1.165) is 0 Å². The Kier molecular flexibility index (Phi) is 11.4. The molecular formula is C51H56N2. The summed E-state index contributed by atoms with van der Waals surface area (Å²) in [5, 5.41) is 0. The van der Waals surface area contributed by atoms with E-state index in [1.54, 1.807) is 5.56 Å². The molecule has 0 aliphatic heterocycles. The van der Waals surface area contributed by atoms with Gasteiger partial charge >= 0.3 is 0 Å². The fourth-order valence-corrected chi connectivity index (χ4v) is 8.58. The number of anilines is 5. The molecule has 0 amide bonds. The maximum Gasteiger partial charge on any atom is 0.0465 e. The summed E-state index contributed by atoms with van der Waals surface area (Å²) in [6, 6.07) is 54.3. The average Bonchev–Trinajstić information content (AvgIpc) is 3.48. The highest BCUT2D eigenvalue weighted by Crippen LogP contribution is 2.55. The van der Waals surface area contributed by atoms with Crippen LogP contribution in [0.1, 0.15) is 94.7 Å². The van der Waals surface area contributed by atoms with E-state index in [1.165, 1.54) is 126 Å². The zero-order valence-corrected chi connectivity index (χ0v) is 32.3. The van der Waals surface area contributed by atoms with Gasteiger partial charge in [-0.25, -0.2) is 0 Å². The maximum atomic E-state index is 2.56. The predicted molar refractivity (Wildman–Crippen MR) is 230 cm³/mol. The minimum atomic E-state index is 0.0486. The molecule has 0 saturated carbocycles. The van der Waals surface area contributed by atoms with Gasteiger partial charge in [-0.3, -0.25) is 0 Å². The normalized spacial score (nSPS) is 12.7. The number of para-hydroxylation sites is 1. The number of nitrogens with zero attached hydrogens (tertiary/aromatic N) is 2. The first kappa shape index (κ1) is 36.3. The number of fused-ring (bicyclic) bond motifs is 3. The molecule has 6 aromatic rings. The minimum absolute atomic E-state index is 0.0486. The summed E-state index contributed by atoms with van der Waals surface area (Å²) in [5.74, 6) is 0. The second-order valence-corrected chi connectivity index (χ2v) is 15.1. The zero-order valence-electron chi connectivity index (χ0n) is 32.3. The van der Waals surface area contributed by atoms with Crippen molar-refractivity contribution in [2.45, 2.75) is 90.4 Å². The molecule has 0 heterocycles. The summed E-state index contributed by atoms with van der Waals surface area (Å²) in [5.41, 5.74) is 15.6. The number of aryl methyl sites for hydroxylation is 1. The first-order chi connectivity index (χ1) is 26.0. The topological polar surface area (TPSA) is 6.48 Å². The lowest BCUT2D eigenvalue weighted by molar-refractivity contribution is 0.401. The molecule has 0 aromatic heterocycles. The van der Waals surface area contributed by atoms with Crippen LogP contribution in [0.15, 0.2) is 146 Å². The lowest BCUT2D eigenvalue weighted by Gasteiger charge is -2.34. The molecule has 53 heavy (non-hydrogen) atoms. The lowest BCUT2D eigenvalue weighted by Crippen LogP contribution is -2.26. The van der Waals surface area contributed by atoms with Crippen molar-refractivity contribution >= 4 is 28.4 Å². The van der Waals surface area contributed by atoms with Crippen molar-refractivity contribution in [1.82, 2.24) is 0 Å². The highest BCUT2D eigenvalue weighted by molar-refractivity contribution is 5.86. The molecule has 1 aliphatic carbocycles. The van der Waals surface area contributed by atoms with E-state index in [2.05, 4.69) is 183 Å². The minimum Gasteiger partial charge on any atom is -0.345 e. The molecule has 0 N–H and O–H groups in total. The number of hydrogen-bond donors (Lipinski definition) is 0. The van der Waals surface area contributed by atoms with E-state index >= 15 is 0 Å². The first-order valence-electron chi connectivity index (χ1n) is 20.1. The van der Waals surface area contributed by atoms with Gasteiger partial charge in [0.15, 0.2) is 0 Å². The van der Waals surface area contributed by atoms with E-state index in [1.807, 2.05) is 0 Å². The highest BCUT2D eigenvalue weighted by atomic mass is 15.1. The largest absolute Gasteiger partial charge is 0.345 e. The van der Waals surface area contributed by atoms with Crippen LogP contribution in [0, 0.1) is 6.92 Å². The van der Waals surface area contributed by atoms with Gasteiger partial charge in [0.25, 0.3) is 0 Å². The summed E-state index contributed by atoms with van der Waals surface area (Å²) < 4.78 is 0. The molecule has 7 rings (SSSR count). The number of benzene rings is 6. The van der Waals surface area contributed by atoms with Crippen LogP contribution in [0.3, 0.4) is 0 Å². The number of rotatable bonds is 16. The standard InChI is InChI=1S/C51H56N2/c1-5-7-9-16-36-51(37-17-10-8-6-2)49-21-15-14-20-47(49)48-35-34-46(38-50(48)51)53(44-28-22-39(3)23-29-44)45-32-26-41(27-33-45)40-24-30-43(31-25-40)52(4)42-18-12-11-13-19-42/h11-15,18-35,38H,5-10,16-17,36-37H2,1-4H3. The molecule has 0 atom stereocenters. The van der Waals surface area contributed by atoms with Crippen LogP contribution in [0.25, 0.3) is 22.3 Å². The molecule has 1 aliphatic rings. The molecule has 0 spiro atoms. The maximum absolute atomic E-state index is 2.56. The zero-order chi connectivity index (χ0) is 36.6. The number of unbranched alkanes of at least 4 members (excludes halogenated alkanes) is 6. The third-order valence-electron chi connectivity index (χ3n) is 11.6. The van der Waals surface area contributed by atoms with Crippen LogP contribution in [0.5, 0.6) is 0 Å². The third kappa shape index (κ3) is 7.70. The van der Waals surface area contributed by atoms with Gasteiger partial charge in [0.05, 0.1) is 0 Å². The average molecular weight is 697 g/mol. The van der Waals surface area contributed by atoms with Gasteiger partial charge < -0.3 is 9.80 Å². The number of hydrogen-bond acceptors (Lipinski definition) is 2. The Hall–Kier alpha value is -5.08. The van der Waals surface area contributed by atoms with Crippen molar-refractivity contribution in [3.8, 4) is 22.3 Å². The molecule has 0 bridgehead atoms. The van der Waals surface area contributed by atoms with Crippen LogP contribution < -0.4 is 9.80 Å². The van der Waals surface area contributed by atoms with Gasteiger partial charge in [-0.1, -0.05) is 156 Å². The van der Waals surface area contributed by atoms with Crippen molar-refractivity contribution < 1.29 is 0 Å². The Balaban J connectivity index is 1.25. The molecule has 0 radical (unpaired) electrons. The van der Waals surface area contributed by atoms with Gasteiger partial charge in [-0.05, 0) is 114 Å². The van der Waals surface area contributed by atoms with E-state index < -0.39 is 0 Å². The van der Waals surface area contributed by atoms with Crippen LogP contribution in [0.2, 0.25) is 0 Å². The second kappa shape index (κ2) is 16.7. The summed E-state index contributed by atoms with van der Waals surface area (Å²) >= 11 is 0. The summed E-state index contributed by atoms with van der Waals surface area (Å²) in [6.45, 7) is 6.81. The van der Waals surface area contributed by atoms with Crippen molar-refractivity contribution in [2.24, 2.45) is 0 Å². The Bertz CT molecular complexity index is 2050. The smallest absolute Gasteiger partial charge is 0.0465 e. The van der Waals surface area contributed by atoms with E-state index in [9.17, 15) is 0 Å². The van der Waals surface area contributed by atoms with Crippen LogP contribution in [-0.4, -0.2) is 7.05 Å². The van der Waals surface area contributed by atoms with Gasteiger partial charge in [0.2, 0.25) is 0 Å². The molecule has 6 aromatic carbocycles. The van der Waals surface area contributed by atoms with Gasteiger partial charge in [-0.15, -0.1) is 0 Å². The SMILES string of the molecule is CCCCCCC1(CCCCCC)c2ccccc2-c2ccc(N(c3ccc(C)cc3)c3ccc(-c4ccc(N(C)c5ccccc5)cc4)cc3)cc21. The van der Waals surface area contributed by atoms with Gasteiger partial charge in [0.1, 0.15) is 0 Å². The van der Waals surface area contributed by atoms with Crippen molar-refractivity contribution in [2.75, 3.05) is 16.8 Å². The third-order valence-corrected chi connectivity index (χ3v) is 11.6. The second-order valence-electron chi connectivity index (χ2n) is 15.1. The molecule has 270 valence electrons. The van der Waals surface area contributed by atoms with E-state index in [4.69, 9.17) is 0 Å². The molecule has 2 nitrogen and oxygen atoms in total. The Morgan fingerprint density at radius 2 is 0.925 bits per heavy atom. The van der Waals surface area contributed by atoms with Crippen LogP contribution >= 0.6 is 0 Å². The van der Waals surface area contributed by atoms with Gasteiger partial charge in [-0.2, -0.15) is 0 Å². The van der Waals surface area contributed by atoms with Crippen molar-refractivity contribution in [3.05, 3.63) is 162 Å². The summed E-state index contributed by atoms with van der Waals surface area (Å²) in [7, 11) is 2.12. The van der Waals surface area contributed by atoms with Crippen LogP contribution in [0.4, 0.5) is 28.4 Å². The summed E-state index contributed by atoms with van der Waals surface area (Å²) in [4.78, 5) is 4.69. The lowest BCUT2D eigenvalue weighted by atomic mass is 9.70. The van der Waals surface area contributed by atoms with E-state index in [-0.39, 0.29) is 5.41 Å². The van der Waals surface area contributed by atoms with Gasteiger partial charge in [0, 0.05) is 40.9 Å². The molecule has 2 heteroatoms. The molecule has 0 saturated heterocycles. The molecular weight excluding hydrogens is 641 g/mol.